The monoisotopic (exact) mass is 266 g/mol. The second-order valence-electron chi connectivity index (χ2n) is 5.22. The van der Waals surface area contributed by atoms with Gasteiger partial charge in [-0.1, -0.05) is 12.1 Å². The number of rotatable bonds is 8. The Labute approximate surface area is 116 Å². The van der Waals surface area contributed by atoms with E-state index in [1.807, 2.05) is 19.1 Å². The predicted octanol–water partition coefficient (Wildman–Crippen LogP) is 2.79. The normalized spacial score (nSPS) is 13.3. The average molecular weight is 266 g/mol. The van der Waals surface area contributed by atoms with Crippen molar-refractivity contribution >= 4 is 0 Å². The molecule has 0 saturated carbocycles. The maximum absolute atomic E-state index is 5.65. The Morgan fingerprint density at radius 3 is 2.37 bits per heavy atom. The lowest BCUT2D eigenvalue weighted by molar-refractivity contribution is 0.0117. The Morgan fingerprint density at radius 2 is 1.89 bits per heavy atom. The van der Waals surface area contributed by atoms with Crippen molar-refractivity contribution in [1.82, 2.24) is 5.43 Å². The topological polar surface area (TPSA) is 56.5 Å². The largest absolute Gasteiger partial charge is 0.494 e. The molecule has 0 aliphatic carbocycles. The van der Waals surface area contributed by atoms with E-state index in [0.29, 0.717) is 6.61 Å². The molecular weight excluding hydrogens is 240 g/mol. The molecule has 4 nitrogen and oxygen atoms in total. The summed E-state index contributed by atoms with van der Waals surface area (Å²) in [5.74, 6) is 6.54. The van der Waals surface area contributed by atoms with Crippen LogP contribution in [0.4, 0.5) is 0 Å². The number of hydrogen-bond acceptors (Lipinski definition) is 4. The van der Waals surface area contributed by atoms with E-state index in [4.69, 9.17) is 15.3 Å². The summed E-state index contributed by atoms with van der Waals surface area (Å²) in [5, 5.41) is 0. The minimum absolute atomic E-state index is 0.125. The first kappa shape index (κ1) is 16.0. The standard InChI is InChI=1S/C15H26N2O2/c1-5-19-13-8-6-12(7-9-13)14(17-16)10-11-15(2,3)18-4/h6-9,14,17H,5,10-11,16H2,1-4H3. The van der Waals surface area contributed by atoms with Crippen LogP contribution in [0.15, 0.2) is 24.3 Å². The lowest BCUT2D eigenvalue weighted by Gasteiger charge is -2.26. The van der Waals surface area contributed by atoms with E-state index in [-0.39, 0.29) is 11.6 Å². The van der Waals surface area contributed by atoms with Gasteiger partial charge in [-0.05, 0) is 51.3 Å². The average Bonchev–Trinajstić information content (AvgIpc) is 2.41. The maximum Gasteiger partial charge on any atom is 0.119 e. The summed E-state index contributed by atoms with van der Waals surface area (Å²) in [6.45, 7) is 6.82. The molecule has 4 heteroatoms. The molecule has 0 heterocycles. The van der Waals surface area contributed by atoms with E-state index >= 15 is 0 Å². The number of methoxy groups -OCH3 is 1. The molecule has 0 aliphatic heterocycles. The van der Waals surface area contributed by atoms with Gasteiger partial charge in [0.05, 0.1) is 12.2 Å². The Morgan fingerprint density at radius 1 is 1.26 bits per heavy atom. The molecule has 0 saturated heterocycles. The molecule has 0 spiro atoms. The zero-order valence-electron chi connectivity index (χ0n) is 12.4. The highest BCUT2D eigenvalue weighted by atomic mass is 16.5. The molecular formula is C15H26N2O2. The van der Waals surface area contributed by atoms with Gasteiger partial charge in [-0.2, -0.15) is 0 Å². The van der Waals surface area contributed by atoms with Gasteiger partial charge in [0.2, 0.25) is 0 Å². The number of hydrogen-bond donors (Lipinski definition) is 2. The van der Waals surface area contributed by atoms with Gasteiger partial charge in [-0.3, -0.25) is 11.3 Å². The van der Waals surface area contributed by atoms with Crippen molar-refractivity contribution in [2.24, 2.45) is 5.84 Å². The van der Waals surface area contributed by atoms with Crippen LogP contribution < -0.4 is 16.0 Å². The highest BCUT2D eigenvalue weighted by Crippen LogP contribution is 2.25. The van der Waals surface area contributed by atoms with Gasteiger partial charge in [-0.25, -0.2) is 0 Å². The quantitative estimate of drug-likeness (QED) is 0.561. The Hall–Kier alpha value is -1.10. The first-order valence-corrected chi connectivity index (χ1v) is 6.76. The van der Waals surface area contributed by atoms with Crippen LogP contribution in [0, 0.1) is 0 Å². The van der Waals surface area contributed by atoms with Crippen molar-refractivity contribution in [2.75, 3.05) is 13.7 Å². The van der Waals surface area contributed by atoms with Crippen LogP contribution >= 0.6 is 0 Å². The molecule has 1 atom stereocenters. The van der Waals surface area contributed by atoms with E-state index in [2.05, 4.69) is 31.4 Å². The van der Waals surface area contributed by atoms with Crippen molar-refractivity contribution in [3.8, 4) is 5.75 Å². The SMILES string of the molecule is CCOc1ccc(C(CCC(C)(C)OC)NN)cc1. The molecule has 1 aromatic carbocycles. The van der Waals surface area contributed by atoms with Gasteiger partial charge in [0.25, 0.3) is 0 Å². The molecule has 1 unspecified atom stereocenters. The molecule has 0 fully saturated rings. The third kappa shape index (κ3) is 5.19. The van der Waals surface area contributed by atoms with Gasteiger partial charge in [0.1, 0.15) is 5.75 Å². The summed E-state index contributed by atoms with van der Waals surface area (Å²) in [6.07, 6.45) is 1.86. The van der Waals surface area contributed by atoms with Gasteiger partial charge in [0.15, 0.2) is 0 Å². The van der Waals surface area contributed by atoms with Gasteiger partial charge < -0.3 is 9.47 Å². The molecule has 19 heavy (non-hydrogen) atoms. The molecule has 0 aliphatic rings. The van der Waals surface area contributed by atoms with Crippen molar-refractivity contribution in [2.45, 2.75) is 45.3 Å². The molecule has 0 bridgehead atoms. The van der Waals surface area contributed by atoms with Crippen molar-refractivity contribution in [3.05, 3.63) is 29.8 Å². The Kier molecular flexibility index (Phi) is 6.28. The van der Waals surface area contributed by atoms with Crippen LogP contribution in [-0.2, 0) is 4.74 Å². The lowest BCUT2D eigenvalue weighted by Crippen LogP contribution is -2.31. The van der Waals surface area contributed by atoms with Gasteiger partial charge in [0, 0.05) is 13.2 Å². The first-order chi connectivity index (χ1) is 9.02. The highest BCUT2D eigenvalue weighted by molar-refractivity contribution is 5.29. The fourth-order valence-electron chi connectivity index (χ4n) is 1.90. The van der Waals surface area contributed by atoms with Crippen LogP contribution in [0.2, 0.25) is 0 Å². The smallest absolute Gasteiger partial charge is 0.119 e. The number of benzene rings is 1. The van der Waals surface area contributed by atoms with Gasteiger partial charge in [-0.15, -0.1) is 0 Å². The molecule has 0 radical (unpaired) electrons. The minimum atomic E-state index is -0.125. The number of hydrazine groups is 1. The third-order valence-electron chi connectivity index (χ3n) is 3.38. The Bertz CT molecular complexity index is 363. The molecule has 1 aromatic rings. The Balaban J connectivity index is 2.64. The number of ether oxygens (including phenoxy) is 2. The third-order valence-corrected chi connectivity index (χ3v) is 3.38. The molecule has 0 amide bonds. The molecule has 3 N–H and O–H groups in total. The second-order valence-corrected chi connectivity index (χ2v) is 5.22. The van der Waals surface area contributed by atoms with Crippen LogP contribution in [0.1, 0.15) is 45.2 Å². The zero-order chi connectivity index (χ0) is 14.3. The summed E-state index contributed by atoms with van der Waals surface area (Å²) >= 11 is 0. The van der Waals surface area contributed by atoms with E-state index in [1.165, 1.54) is 0 Å². The summed E-state index contributed by atoms with van der Waals surface area (Å²) in [7, 11) is 1.74. The molecule has 108 valence electrons. The minimum Gasteiger partial charge on any atom is -0.494 e. The van der Waals surface area contributed by atoms with E-state index in [1.54, 1.807) is 7.11 Å². The second kappa shape index (κ2) is 7.48. The van der Waals surface area contributed by atoms with Crippen molar-refractivity contribution < 1.29 is 9.47 Å². The summed E-state index contributed by atoms with van der Waals surface area (Å²) in [5.41, 5.74) is 3.91. The van der Waals surface area contributed by atoms with Crippen LogP contribution in [-0.4, -0.2) is 19.3 Å². The van der Waals surface area contributed by atoms with Crippen molar-refractivity contribution in [1.29, 1.82) is 0 Å². The van der Waals surface area contributed by atoms with E-state index < -0.39 is 0 Å². The maximum atomic E-state index is 5.65. The fourth-order valence-corrected chi connectivity index (χ4v) is 1.90. The summed E-state index contributed by atoms with van der Waals surface area (Å²) in [6, 6.07) is 8.19. The van der Waals surface area contributed by atoms with E-state index in [0.717, 1.165) is 24.2 Å². The lowest BCUT2D eigenvalue weighted by atomic mass is 9.95. The fraction of sp³-hybridized carbons (Fsp3) is 0.600. The summed E-state index contributed by atoms with van der Waals surface area (Å²) in [4.78, 5) is 0. The highest BCUT2D eigenvalue weighted by Gasteiger charge is 2.19. The number of nitrogens with two attached hydrogens (primary N) is 1. The van der Waals surface area contributed by atoms with Gasteiger partial charge >= 0.3 is 0 Å². The molecule has 0 aromatic heterocycles. The first-order valence-electron chi connectivity index (χ1n) is 6.76. The number of nitrogens with one attached hydrogen (secondary N) is 1. The van der Waals surface area contributed by atoms with Crippen molar-refractivity contribution in [3.63, 3.8) is 0 Å². The van der Waals surface area contributed by atoms with Crippen LogP contribution in [0.3, 0.4) is 0 Å². The predicted molar refractivity (Wildman–Crippen MR) is 78.0 cm³/mol. The van der Waals surface area contributed by atoms with Crippen LogP contribution in [0.25, 0.3) is 0 Å². The summed E-state index contributed by atoms with van der Waals surface area (Å²) < 4.78 is 10.9. The van der Waals surface area contributed by atoms with Crippen LogP contribution in [0.5, 0.6) is 5.75 Å². The zero-order valence-corrected chi connectivity index (χ0v) is 12.4. The van der Waals surface area contributed by atoms with E-state index in [9.17, 15) is 0 Å². The molecule has 1 rings (SSSR count).